The van der Waals surface area contributed by atoms with Gasteiger partial charge in [0, 0.05) is 11.3 Å². The number of carbonyl (C=O) groups is 1. The maximum Gasteiger partial charge on any atom is 0.437 e. The lowest BCUT2D eigenvalue weighted by Crippen LogP contribution is -2.10. The van der Waals surface area contributed by atoms with Gasteiger partial charge in [-0.2, -0.15) is 0 Å². The number of rotatable bonds is 3. The quantitative estimate of drug-likeness (QED) is 0.432. The van der Waals surface area contributed by atoms with Crippen LogP contribution in [0.2, 0.25) is 0 Å². The van der Waals surface area contributed by atoms with Gasteiger partial charge >= 0.3 is 6.09 Å². The van der Waals surface area contributed by atoms with E-state index < -0.39 is 6.09 Å². The van der Waals surface area contributed by atoms with E-state index in [9.17, 15) is 4.79 Å². The normalized spacial score (nSPS) is 10.8. The number of anilines is 1. The highest BCUT2D eigenvalue weighted by Gasteiger charge is 2.02. The van der Waals surface area contributed by atoms with Crippen LogP contribution in [0.5, 0.6) is 0 Å². The molecular weight excluding hydrogens is 288 g/mol. The SMILES string of the molecule is Cc1ccc(NC(=O)O/N=C/c2cccc3ccccc23)cc1. The molecule has 0 radical (unpaired) electrons. The zero-order chi connectivity index (χ0) is 16.1. The van der Waals surface area contributed by atoms with Crippen LogP contribution in [0.1, 0.15) is 11.1 Å². The minimum Gasteiger partial charge on any atom is -0.298 e. The lowest BCUT2D eigenvalue weighted by molar-refractivity contribution is 0.167. The molecule has 23 heavy (non-hydrogen) atoms. The molecule has 0 atom stereocenters. The van der Waals surface area contributed by atoms with Crippen molar-refractivity contribution in [3.63, 3.8) is 0 Å². The molecule has 3 aromatic carbocycles. The first-order chi connectivity index (χ1) is 11.2. The van der Waals surface area contributed by atoms with Crippen molar-refractivity contribution >= 4 is 28.8 Å². The summed E-state index contributed by atoms with van der Waals surface area (Å²) < 4.78 is 0. The Labute approximate surface area is 134 Å². The summed E-state index contributed by atoms with van der Waals surface area (Å²) in [5.74, 6) is 0. The van der Waals surface area contributed by atoms with Crippen molar-refractivity contribution in [1.29, 1.82) is 0 Å². The molecule has 0 saturated heterocycles. The Bertz CT molecular complexity index is 849. The Morgan fingerprint density at radius 1 is 1.00 bits per heavy atom. The van der Waals surface area contributed by atoms with Crippen molar-refractivity contribution in [2.45, 2.75) is 6.92 Å². The Kier molecular flexibility index (Phi) is 4.34. The van der Waals surface area contributed by atoms with E-state index in [2.05, 4.69) is 10.5 Å². The van der Waals surface area contributed by atoms with Gasteiger partial charge in [0.05, 0.1) is 6.21 Å². The topological polar surface area (TPSA) is 50.7 Å². The zero-order valence-electron chi connectivity index (χ0n) is 12.7. The minimum atomic E-state index is -0.620. The van der Waals surface area contributed by atoms with E-state index >= 15 is 0 Å². The molecule has 1 N–H and O–H groups in total. The number of aryl methyl sites for hydroxylation is 1. The van der Waals surface area contributed by atoms with Crippen molar-refractivity contribution in [2.24, 2.45) is 5.16 Å². The summed E-state index contributed by atoms with van der Waals surface area (Å²) in [7, 11) is 0. The molecule has 0 aromatic heterocycles. The van der Waals surface area contributed by atoms with E-state index in [0.29, 0.717) is 5.69 Å². The highest BCUT2D eigenvalue weighted by Crippen LogP contribution is 2.17. The Balaban J connectivity index is 1.66. The Morgan fingerprint density at radius 3 is 2.57 bits per heavy atom. The van der Waals surface area contributed by atoms with Crippen LogP contribution in [-0.4, -0.2) is 12.3 Å². The van der Waals surface area contributed by atoms with Gasteiger partial charge in [-0.25, -0.2) is 4.79 Å². The molecule has 0 aliphatic carbocycles. The van der Waals surface area contributed by atoms with Crippen LogP contribution in [0.25, 0.3) is 10.8 Å². The van der Waals surface area contributed by atoms with Gasteiger partial charge < -0.3 is 0 Å². The third kappa shape index (κ3) is 3.74. The first kappa shape index (κ1) is 14.8. The summed E-state index contributed by atoms with van der Waals surface area (Å²) >= 11 is 0. The third-order valence-corrected chi connectivity index (χ3v) is 3.45. The first-order valence-corrected chi connectivity index (χ1v) is 7.28. The van der Waals surface area contributed by atoms with Crippen LogP contribution >= 0.6 is 0 Å². The molecule has 0 bridgehead atoms. The molecule has 0 aliphatic heterocycles. The third-order valence-electron chi connectivity index (χ3n) is 3.45. The summed E-state index contributed by atoms with van der Waals surface area (Å²) in [5.41, 5.74) is 2.69. The number of nitrogens with one attached hydrogen (secondary N) is 1. The van der Waals surface area contributed by atoms with Gasteiger partial charge in [0.25, 0.3) is 0 Å². The summed E-state index contributed by atoms with van der Waals surface area (Å²) in [6, 6.07) is 21.3. The standard InChI is InChI=1S/C19H16N2O2/c1-14-9-11-17(12-10-14)21-19(22)23-20-13-16-7-4-6-15-5-2-3-8-18(15)16/h2-13H,1H3,(H,21,22)/b20-13+. The smallest absolute Gasteiger partial charge is 0.298 e. The fourth-order valence-electron chi connectivity index (χ4n) is 2.27. The number of hydrogen-bond donors (Lipinski definition) is 1. The second kappa shape index (κ2) is 6.75. The summed E-state index contributed by atoms with van der Waals surface area (Å²) in [4.78, 5) is 16.6. The molecule has 3 rings (SSSR count). The highest BCUT2D eigenvalue weighted by molar-refractivity contribution is 5.99. The van der Waals surface area contributed by atoms with E-state index in [1.54, 1.807) is 0 Å². The molecule has 114 valence electrons. The monoisotopic (exact) mass is 304 g/mol. The van der Waals surface area contributed by atoms with Crippen LogP contribution < -0.4 is 5.32 Å². The summed E-state index contributed by atoms with van der Waals surface area (Å²) in [6.45, 7) is 1.98. The number of benzene rings is 3. The number of amides is 1. The van der Waals surface area contributed by atoms with Crippen molar-refractivity contribution in [3.05, 3.63) is 77.9 Å². The Morgan fingerprint density at radius 2 is 1.74 bits per heavy atom. The number of hydrogen-bond acceptors (Lipinski definition) is 3. The molecule has 3 aromatic rings. The van der Waals surface area contributed by atoms with Crippen molar-refractivity contribution in [3.8, 4) is 0 Å². The molecule has 1 amide bonds. The molecule has 0 unspecified atom stereocenters. The van der Waals surface area contributed by atoms with Gasteiger partial charge in [-0.3, -0.25) is 10.2 Å². The molecule has 0 fully saturated rings. The van der Waals surface area contributed by atoms with E-state index in [1.807, 2.05) is 73.7 Å². The van der Waals surface area contributed by atoms with Gasteiger partial charge in [-0.15, -0.1) is 0 Å². The first-order valence-electron chi connectivity index (χ1n) is 7.28. The largest absolute Gasteiger partial charge is 0.437 e. The van der Waals surface area contributed by atoms with Gasteiger partial charge in [-0.1, -0.05) is 65.3 Å². The van der Waals surface area contributed by atoms with Crippen LogP contribution in [0, 0.1) is 6.92 Å². The molecule has 0 heterocycles. The van der Waals surface area contributed by atoms with Gasteiger partial charge in [0.2, 0.25) is 0 Å². The molecule has 0 saturated carbocycles. The Hall–Kier alpha value is -3.14. The van der Waals surface area contributed by atoms with Gasteiger partial charge in [0.1, 0.15) is 0 Å². The molecule has 0 aliphatic rings. The fourth-order valence-corrected chi connectivity index (χ4v) is 2.27. The van der Waals surface area contributed by atoms with E-state index in [-0.39, 0.29) is 0 Å². The lowest BCUT2D eigenvalue weighted by atomic mass is 10.1. The van der Waals surface area contributed by atoms with Crippen molar-refractivity contribution < 1.29 is 9.63 Å². The summed E-state index contributed by atoms with van der Waals surface area (Å²) in [5, 5.41) is 8.55. The zero-order valence-corrected chi connectivity index (χ0v) is 12.7. The van der Waals surface area contributed by atoms with Crippen LogP contribution in [0.4, 0.5) is 10.5 Å². The average Bonchev–Trinajstić information content (AvgIpc) is 2.57. The molecule has 4 heteroatoms. The predicted molar refractivity (Wildman–Crippen MR) is 92.8 cm³/mol. The van der Waals surface area contributed by atoms with Crippen LogP contribution in [0.3, 0.4) is 0 Å². The van der Waals surface area contributed by atoms with E-state index in [1.165, 1.54) is 6.21 Å². The maximum atomic E-state index is 11.7. The van der Waals surface area contributed by atoms with Crippen LogP contribution in [0.15, 0.2) is 71.9 Å². The molecule has 4 nitrogen and oxygen atoms in total. The van der Waals surface area contributed by atoms with Crippen molar-refractivity contribution in [1.82, 2.24) is 0 Å². The fraction of sp³-hybridized carbons (Fsp3) is 0.0526. The second-order valence-corrected chi connectivity index (χ2v) is 5.17. The van der Waals surface area contributed by atoms with E-state index in [0.717, 1.165) is 21.9 Å². The predicted octanol–water partition coefficient (Wildman–Crippen LogP) is 4.73. The lowest BCUT2D eigenvalue weighted by Gasteiger charge is -2.03. The van der Waals surface area contributed by atoms with Gasteiger partial charge in [-0.05, 0) is 29.8 Å². The highest BCUT2D eigenvalue weighted by atomic mass is 16.7. The number of fused-ring (bicyclic) bond motifs is 1. The molecule has 0 spiro atoms. The number of oxime groups is 1. The average molecular weight is 304 g/mol. The molecular formula is C19H16N2O2. The number of nitrogens with zero attached hydrogens (tertiary/aromatic N) is 1. The summed E-state index contributed by atoms with van der Waals surface area (Å²) in [6.07, 6.45) is 0.919. The van der Waals surface area contributed by atoms with Gasteiger partial charge in [0.15, 0.2) is 0 Å². The maximum absolute atomic E-state index is 11.7. The number of carbonyl (C=O) groups excluding carboxylic acids is 1. The second-order valence-electron chi connectivity index (χ2n) is 5.17. The minimum absolute atomic E-state index is 0.620. The van der Waals surface area contributed by atoms with E-state index in [4.69, 9.17) is 4.84 Å². The van der Waals surface area contributed by atoms with Crippen molar-refractivity contribution in [2.75, 3.05) is 5.32 Å². The van der Waals surface area contributed by atoms with Crippen LogP contribution in [-0.2, 0) is 4.84 Å².